The van der Waals surface area contributed by atoms with Crippen LogP contribution in [0, 0.1) is 0 Å². The number of benzene rings is 2. The highest BCUT2D eigenvalue weighted by atomic mass is 19.1. The number of rotatable bonds is 11. The van der Waals surface area contributed by atoms with E-state index in [1.54, 1.807) is 13.8 Å². The van der Waals surface area contributed by atoms with Gasteiger partial charge in [-0.2, -0.15) is 0 Å². The smallest absolute Gasteiger partial charge is 0.376 e. The first-order chi connectivity index (χ1) is 16.1. The van der Waals surface area contributed by atoms with E-state index in [9.17, 15) is 14.0 Å². The van der Waals surface area contributed by atoms with E-state index in [1.807, 2.05) is 60.7 Å². The van der Waals surface area contributed by atoms with Crippen molar-refractivity contribution < 1.29 is 33.0 Å². The van der Waals surface area contributed by atoms with Crippen molar-refractivity contribution in [1.82, 2.24) is 5.06 Å². The van der Waals surface area contributed by atoms with Crippen LogP contribution in [-0.2, 0) is 41.8 Å². The van der Waals surface area contributed by atoms with Gasteiger partial charge in [-0.3, -0.25) is 0 Å². The van der Waals surface area contributed by atoms with Crippen molar-refractivity contribution in [2.45, 2.75) is 39.1 Å². The zero-order chi connectivity index (χ0) is 23.6. The molecule has 2 atom stereocenters. The molecule has 7 nitrogen and oxygen atoms in total. The lowest BCUT2D eigenvalue weighted by atomic mass is 10.00. The number of nitrogens with zero attached hydrogens (tertiary/aromatic N) is 1. The molecule has 8 heteroatoms. The molecular formula is C25H28FNO6. The van der Waals surface area contributed by atoms with E-state index in [0.29, 0.717) is 0 Å². The summed E-state index contributed by atoms with van der Waals surface area (Å²) in [4.78, 5) is 31.3. The summed E-state index contributed by atoms with van der Waals surface area (Å²) in [5.41, 5.74) is 1.58. The van der Waals surface area contributed by atoms with E-state index in [0.717, 1.165) is 11.1 Å². The quantitative estimate of drug-likeness (QED) is 0.476. The average molecular weight is 457 g/mol. The average Bonchev–Trinajstić information content (AvgIpc) is 3.20. The van der Waals surface area contributed by atoms with E-state index in [1.165, 1.54) is 5.06 Å². The van der Waals surface area contributed by atoms with Gasteiger partial charge in [-0.25, -0.2) is 14.0 Å². The number of ether oxygens (including phenoxy) is 3. The molecule has 1 aliphatic rings. The maximum atomic E-state index is 14.3. The van der Waals surface area contributed by atoms with Gasteiger partial charge in [-0.1, -0.05) is 60.7 Å². The van der Waals surface area contributed by atoms with Crippen LogP contribution in [0.3, 0.4) is 0 Å². The Morgan fingerprint density at radius 1 is 0.939 bits per heavy atom. The van der Waals surface area contributed by atoms with Crippen LogP contribution in [0.4, 0.5) is 4.39 Å². The predicted molar refractivity (Wildman–Crippen MR) is 118 cm³/mol. The minimum Gasteiger partial charge on any atom is -0.462 e. The first kappa shape index (κ1) is 24.4. The highest BCUT2D eigenvalue weighted by Gasteiger charge is 2.47. The number of hydrogen-bond donors (Lipinski definition) is 0. The van der Waals surface area contributed by atoms with Gasteiger partial charge in [-0.15, -0.1) is 5.06 Å². The zero-order valence-corrected chi connectivity index (χ0v) is 18.7. The Morgan fingerprint density at radius 2 is 1.52 bits per heavy atom. The Labute approximate surface area is 192 Å². The van der Waals surface area contributed by atoms with Crippen LogP contribution in [0.15, 0.2) is 72.0 Å². The van der Waals surface area contributed by atoms with Crippen LogP contribution in [0.1, 0.15) is 25.0 Å². The monoisotopic (exact) mass is 457 g/mol. The molecule has 0 spiro atoms. The van der Waals surface area contributed by atoms with Crippen LogP contribution in [0.5, 0.6) is 0 Å². The summed E-state index contributed by atoms with van der Waals surface area (Å²) in [6, 6.07) is 17.6. The predicted octanol–water partition coefficient (Wildman–Crippen LogP) is 3.74. The Kier molecular flexibility index (Phi) is 8.97. The summed E-state index contributed by atoms with van der Waals surface area (Å²) in [5, 5.41) is 1.38. The normalized spacial score (nSPS) is 16.9. The third kappa shape index (κ3) is 6.18. The molecule has 1 heterocycles. The van der Waals surface area contributed by atoms with Gasteiger partial charge in [0.05, 0.1) is 26.4 Å². The second-order valence-corrected chi connectivity index (χ2v) is 7.27. The molecule has 0 bridgehead atoms. The van der Waals surface area contributed by atoms with Crippen molar-refractivity contribution in [3.05, 3.63) is 83.1 Å². The third-order valence-electron chi connectivity index (χ3n) is 5.01. The van der Waals surface area contributed by atoms with Crippen LogP contribution >= 0.6 is 0 Å². The van der Waals surface area contributed by atoms with Crippen LogP contribution in [-0.4, -0.2) is 49.0 Å². The lowest BCUT2D eigenvalue weighted by Gasteiger charge is -2.29. The van der Waals surface area contributed by atoms with Crippen molar-refractivity contribution in [2.24, 2.45) is 0 Å². The standard InChI is InChI=1S/C25H28FNO6/c1-3-30-24(28)21-22(20(15-26)32-17-19-13-9-6-10-14-19)27(16-18-11-7-5-8-12-18)33-23(21)25(29)31-4-2/h5-14,20,22H,3-4,15-17H2,1-2H3/t20-,22-/m0/s1. The van der Waals surface area contributed by atoms with E-state index < -0.39 is 30.8 Å². The SMILES string of the molecule is CCOC(=O)C1=C(C(=O)OCC)[C@H]([C@H](CF)OCc2ccccc2)N(Cc2ccccc2)O1. The van der Waals surface area contributed by atoms with Gasteiger partial charge in [-0.05, 0) is 25.0 Å². The second kappa shape index (κ2) is 12.1. The Morgan fingerprint density at radius 3 is 2.09 bits per heavy atom. The third-order valence-corrected chi connectivity index (χ3v) is 5.01. The number of carbonyl (C=O) groups excluding carboxylic acids is 2. The molecule has 3 rings (SSSR count). The Bertz CT molecular complexity index is 950. The molecule has 0 radical (unpaired) electrons. The van der Waals surface area contributed by atoms with Crippen molar-refractivity contribution in [3.8, 4) is 0 Å². The summed E-state index contributed by atoms with van der Waals surface area (Å²) in [6.07, 6.45) is -1.10. The van der Waals surface area contributed by atoms with Crippen molar-refractivity contribution >= 4 is 11.9 Å². The number of hydroxylamine groups is 2. The van der Waals surface area contributed by atoms with Gasteiger partial charge in [0.25, 0.3) is 0 Å². The molecule has 0 unspecified atom stereocenters. The lowest BCUT2D eigenvalue weighted by molar-refractivity contribution is -0.176. The molecule has 0 aromatic heterocycles. The number of esters is 2. The maximum absolute atomic E-state index is 14.3. The van der Waals surface area contributed by atoms with E-state index in [2.05, 4.69) is 0 Å². The number of halogens is 1. The van der Waals surface area contributed by atoms with E-state index in [4.69, 9.17) is 19.0 Å². The van der Waals surface area contributed by atoms with Crippen molar-refractivity contribution in [2.75, 3.05) is 19.9 Å². The molecule has 0 N–H and O–H groups in total. The molecule has 0 aliphatic carbocycles. The van der Waals surface area contributed by atoms with Crippen LogP contribution in [0.25, 0.3) is 0 Å². The summed E-state index contributed by atoms with van der Waals surface area (Å²) in [6.45, 7) is 2.85. The molecule has 2 aromatic carbocycles. The number of alkyl halides is 1. The molecule has 0 saturated carbocycles. The first-order valence-corrected chi connectivity index (χ1v) is 10.9. The van der Waals surface area contributed by atoms with E-state index in [-0.39, 0.29) is 37.7 Å². The van der Waals surface area contributed by atoms with Gasteiger partial charge in [0, 0.05) is 0 Å². The first-order valence-electron chi connectivity index (χ1n) is 10.9. The van der Waals surface area contributed by atoms with Gasteiger partial charge >= 0.3 is 11.9 Å². The molecular weight excluding hydrogens is 429 g/mol. The molecule has 0 amide bonds. The van der Waals surface area contributed by atoms with Gasteiger partial charge in [0.2, 0.25) is 5.76 Å². The van der Waals surface area contributed by atoms with Crippen LogP contribution < -0.4 is 0 Å². The molecule has 0 fully saturated rings. The van der Waals surface area contributed by atoms with Gasteiger partial charge < -0.3 is 19.0 Å². The zero-order valence-electron chi connectivity index (χ0n) is 18.7. The summed E-state index contributed by atoms with van der Waals surface area (Å²) >= 11 is 0. The van der Waals surface area contributed by atoms with Gasteiger partial charge in [0.1, 0.15) is 24.4 Å². The van der Waals surface area contributed by atoms with Crippen molar-refractivity contribution in [3.63, 3.8) is 0 Å². The fourth-order valence-corrected chi connectivity index (χ4v) is 3.53. The molecule has 33 heavy (non-hydrogen) atoms. The fourth-order valence-electron chi connectivity index (χ4n) is 3.53. The summed E-state index contributed by atoms with van der Waals surface area (Å²) in [5.74, 6) is -1.90. The topological polar surface area (TPSA) is 74.3 Å². The lowest BCUT2D eigenvalue weighted by Crippen LogP contribution is -2.44. The minimum atomic E-state index is -1.10. The summed E-state index contributed by atoms with van der Waals surface area (Å²) < 4.78 is 30.5. The Balaban J connectivity index is 1.96. The highest BCUT2D eigenvalue weighted by molar-refractivity contribution is 6.00. The summed E-state index contributed by atoms with van der Waals surface area (Å²) in [7, 11) is 0. The Hall–Kier alpha value is -3.23. The maximum Gasteiger partial charge on any atom is 0.376 e. The minimum absolute atomic E-state index is 0.0784. The number of carbonyl (C=O) groups is 2. The van der Waals surface area contributed by atoms with Crippen molar-refractivity contribution in [1.29, 1.82) is 0 Å². The highest BCUT2D eigenvalue weighted by Crippen LogP contribution is 2.33. The fraction of sp³-hybridized carbons (Fsp3) is 0.360. The molecule has 1 aliphatic heterocycles. The number of hydrogen-bond acceptors (Lipinski definition) is 7. The molecule has 176 valence electrons. The van der Waals surface area contributed by atoms with E-state index >= 15 is 0 Å². The molecule has 2 aromatic rings. The van der Waals surface area contributed by atoms with Crippen LogP contribution in [0.2, 0.25) is 0 Å². The largest absolute Gasteiger partial charge is 0.462 e. The second-order valence-electron chi connectivity index (χ2n) is 7.27. The molecule has 0 saturated heterocycles. The van der Waals surface area contributed by atoms with Gasteiger partial charge in [0.15, 0.2) is 0 Å².